The molecule has 2 aliphatic rings. The summed E-state index contributed by atoms with van der Waals surface area (Å²) in [5, 5.41) is 0. The standard InChI is InChI=1S/C26H35N3O3/c1-20(2)21-3-5-23(6-4-21)31-19-26(30)29-15-9-22(10-16-29)28-17-11-25(12-18-28)32-24-7-13-27-14-8-24/h3-8,13-14,20,22,25H,9-12,15-19H2,1-2H3. The van der Waals surface area contributed by atoms with E-state index in [0.717, 1.165) is 63.4 Å². The first kappa shape index (κ1) is 22.6. The number of carbonyl (C=O) groups excluding carboxylic acids is 1. The molecule has 32 heavy (non-hydrogen) atoms. The fourth-order valence-electron chi connectivity index (χ4n) is 4.63. The van der Waals surface area contributed by atoms with E-state index in [0.29, 0.717) is 12.0 Å². The zero-order valence-electron chi connectivity index (χ0n) is 19.3. The minimum Gasteiger partial charge on any atom is -0.490 e. The van der Waals surface area contributed by atoms with Crippen LogP contribution in [0.25, 0.3) is 0 Å². The van der Waals surface area contributed by atoms with Gasteiger partial charge in [-0.3, -0.25) is 14.7 Å². The van der Waals surface area contributed by atoms with Gasteiger partial charge in [0.2, 0.25) is 0 Å². The molecule has 4 rings (SSSR count). The maximum Gasteiger partial charge on any atom is 0.260 e. The summed E-state index contributed by atoms with van der Waals surface area (Å²) in [6.45, 7) is 8.19. The highest BCUT2D eigenvalue weighted by molar-refractivity contribution is 5.77. The van der Waals surface area contributed by atoms with E-state index < -0.39 is 0 Å². The van der Waals surface area contributed by atoms with Gasteiger partial charge in [-0.25, -0.2) is 0 Å². The van der Waals surface area contributed by atoms with Gasteiger partial charge in [0.15, 0.2) is 6.61 Å². The Balaban J connectivity index is 1.16. The van der Waals surface area contributed by atoms with Crippen LogP contribution < -0.4 is 9.47 Å². The van der Waals surface area contributed by atoms with Crippen LogP contribution in [0, 0.1) is 0 Å². The quantitative estimate of drug-likeness (QED) is 0.652. The Morgan fingerprint density at radius 3 is 2.22 bits per heavy atom. The maximum atomic E-state index is 12.6. The molecule has 0 unspecified atom stereocenters. The fraction of sp³-hybridized carbons (Fsp3) is 0.538. The van der Waals surface area contributed by atoms with Crippen LogP contribution >= 0.6 is 0 Å². The second kappa shape index (κ2) is 10.8. The van der Waals surface area contributed by atoms with Crippen molar-refractivity contribution < 1.29 is 14.3 Å². The molecule has 0 bridgehead atoms. The van der Waals surface area contributed by atoms with Crippen molar-refractivity contribution in [2.75, 3.05) is 32.8 Å². The summed E-state index contributed by atoms with van der Waals surface area (Å²) in [5.41, 5.74) is 1.28. The number of nitrogens with zero attached hydrogens (tertiary/aromatic N) is 3. The first-order valence-corrected chi connectivity index (χ1v) is 11.9. The Morgan fingerprint density at radius 2 is 1.59 bits per heavy atom. The average molecular weight is 438 g/mol. The Morgan fingerprint density at radius 1 is 0.938 bits per heavy atom. The van der Waals surface area contributed by atoms with Gasteiger partial charge in [0, 0.05) is 44.6 Å². The van der Waals surface area contributed by atoms with Gasteiger partial charge in [0.05, 0.1) is 0 Å². The third-order valence-electron chi connectivity index (χ3n) is 6.67. The molecule has 1 aromatic carbocycles. The van der Waals surface area contributed by atoms with Crippen molar-refractivity contribution in [1.29, 1.82) is 0 Å². The zero-order valence-corrected chi connectivity index (χ0v) is 19.3. The fourth-order valence-corrected chi connectivity index (χ4v) is 4.63. The molecule has 0 N–H and O–H groups in total. The number of carbonyl (C=O) groups is 1. The number of likely N-dealkylation sites (tertiary alicyclic amines) is 2. The number of amides is 1. The number of rotatable bonds is 7. The third-order valence-corrected chi connectivity index (χ3v) is 6.67. The number of hydrogen-bond acceptors (Lipinski definition) is 5. The summed E-state index contributed by atoms with van der Waals surface area (Å²) in [6.07, 6.45) is 7.98. The molecule has 0 atom stereocenters. The number of aromatic nitrogens is 1. The van der Waals surface area contributed by atoms with Gasteiger partial charge >= 0.3 is 0 Å². The average Bonchev–Trinajstić information content (AvgIpc) is 2.84. The van der Waals surface area contributed by atoms with E-state index in [4.69, 9.17) is 9.47 Å². The van der Waals surface area contributed by atoms with Gasteiger partial charge in [-0.2, -0.15) is 0 Å². The van der Waals surface area contributed by atoms with E-state index in [1.165, 1.54) is 5.56 Å². The lowest BCUT2D eigenvalue weighted by atomic mass is 9.99. The minimum atomic E-state index is 0.0841. The molecule has 0 aliphatic carbocycles. The summed E-state index contributed by atoms with van der Waals surface area (Å²) in [7, 11) is 0. The Hall–Kier alpha value is -2.60. The van der Waals surface area contributed by atoms with Gasteiger partial charge in [0.25, 0.3) is 5.91 Å². The molecule has 172 valence electrons. The third kappa shape index (κ3) is 6.00. The predicted octanol–water partition coefficient (Wildman–Crippen LogP) is 4.12. The van der Waals surface area contributed by atoms with Crippen molar-refractivity contribution in [3.63, 3.8) is 0 Å². The highest BCUT2D eigenvalue weighted by Gasteiger charge is 2.30. The van der Waals surface area contributed by atoms with Crippen LogP contribution in [-0.4, -0.2) is 65.6 Å². The number of piperidine rings is 2. The highest BCUT2D eigenvalue weighted by Crippen LogP contribution is 2.24. The van der Waals surface area contributed by atoms with Crippen molar-refractivity contribution in [3.05, 3.63) is 54.4 Å². The lowest BCUT2D eigenvalue weighted by molar-refractivity contribution is -0.135. The van der Waals surface area contributed by atoms with Gasteiger partial charge < -0.3 is 14.4 Å². The minimum absolute atomic E-state index is 0.0841. The molecule has 2 saturated heterocycles. The van der Waals surface area contributed by atoms with Crippen LogP contribution in [0.4, 0.5) is 0 Å². The van der Waals surface area contributed by atoms with Gasteiger partial charge in [-0.1, -0.05) is 26.0 Å². The molecule has 6 nitrogen and oxygen atoms in total. The van der Waals surface area contributed by atoms with E-state index >= 15 is 0 Å². The van der Waals surface area contributed by atoms with Crippen LogP contribution in [-0.2, 0) is 4.79 Å². The number of pyridine rings is 1. The summed E-state index contributed by atoms with van der Waals surface area (Å²) in [6, 6.07) is 12.5. The molecule has 1 aromatic heterocycles. The van der Waals surface area contributed by atoms with Crippen molar-refractivity contribution in [2.24, 2.45) is 0 Å². The van der Waals surface area contributed by atoms with E-state index in [-0.39, 0.29) is 18.6 Å². The van der Waals surface area contributed by atoms with E-state index in [2.05, 4.69) is 35.9 Å². The van der Waals surface area contributed by atoms with Crippen molar-refractivity contribution in [2.45, 2.75) is 57.6 Å². The summed E-state index contributed by atoms with van der Waals surface area (Å²) < 4.78 is 11.8. The highest BCUT2D eigenvalue weighted by atomic mass is 16.5. The van der Waals surface area contributed by atoms with Crippen molar-refractivity contribution in [1.82, 2.24) is 14.8 Å². The van der Waals surface area contributed by atoms with Gasteiger partial charge in [0.1, 0.15) is 17.6 Å². The predicted molar refractivity (Wildman–Crippen MR) is 125 cm³/mol. The monoisotopic (exact) mass is 437 g/mol. The molecule has 0 saturated carbocycles. The lowest BCUT2D eigenvalue weighted by Crippen LogP contribution is -2.50. The Bertz CT molecular complexity index is 840. The smallest absolute Gasteiger partial charge is 0.260 e. The van der Waals surface area contributed by atoms with E-state index in [9.17, 15) is 4.79 Å². The van der Waals surface area contributed by atoms with Crippen LogP contribution in [0.5, 0.6) is 11.5 Å². The van der Waals surface area contributed by atoms with Crippen LogP contribution in [0.3, 0.4) is 0 Å². The van der Waals surface area contributed by atoms with Gasteiger partial charge in [-0.15, -0.1) is 0 Å². The molecule has 2 fully saturated rings. The number of benzene rings is 1. The first-order chi connectivity index (χ1) is 15.6. The Kier molecular flexibility index (Phi) is 7.63. The maximum absolute atomic E-state index is 12.6. The normalized spacial score (nSPS) is 18.7. The van der Waals surface area contributed by atoms with E-state index in [1.54, 1.807) is 12.4 Å². The second-order valence-electron chi connectivity index (χ2n) is 9.16. The largest absolute Gasteiger partial charge is 0.490 e. The number of ether oxygens (including phenoxy) is 2. The molecule has 2 aromatic rings. The molecule has 0 radical (unpaired) electrons. The van der Waals surface area contributed by atoms with Crippen LogP contribution in [0.1, 0.15) is 51.0 Å². The molecule has 6 heteroatoms. The van der Waals surface area contributed by atoms with Crippen molar-refractivity contribution >= 4 is 5.91 Å². The SMILES string of the molecule is CC(C)c1ccc(OCC(=O)N2CCC(N3CCC(Oc4ccncc4)CC3)CC2)cc1. The molecular weight excluding hydrogens is 402 g/mol. The molecule has 2 aliphatic heterocycles. The summed E-state index contributed by atoms with van der Waals surface area (Å²) in [4.78, 5) is 21.2. The van der Waals surface area contributed by atoms with Crippen LogP contribution in [0.15, 0.2) is 48.8 Å². The first-order valence-electron chi connectivity index (χ1n) is 11.9. The number of hydrogen-bond donors (Lipinski definition) is 0. The van der Waals surface area contributed by atoms with Crippen molar-refractivity contribution in [3.8, 4) is 11.5 Å². The molecule has 0 spiro atoms. The summed E-state index contributed by atoms with van der Waals surface area (Å²) >= 11 is 0. The molecule has 3 heterocycles. The van der Waals surface area contributed by atoms with Crippen LogP contribution in [0.2, 0.25) is 0 Å². The topological polar surface area (TPSA) is 54.9 Å². The second-order valence-corrected chi connectivity index (χ2v) is 9.16. The zero-order chi connectivity index (χ0) is 22.3. The molecule has 1 amide bonds. The molecular formula is C26H35N3O3. The summed E-state index contributed by atoms with van der Waals surface area (Å²) in [5.74, 6) is 2.24. The lowest BCUT2D eigenvalue weighted by Gasteiger charge is -2.41. The van der Waals surface area contributed by atoms with Gasteiger partial charge in [-0.05, 0) is 61.4 Å². The Labute approximate surface area is 191 Å². The van der Waals surface area contributed by atoms with E-state index in [1.807, 2.05) is 29.2 Å².